The second-order valence-corrected chi connectivity index (χ2v) is 9.09. The molecule has 0 radical (unpaired) electrons. The molecular formula is C25H31N5O3. The van der Waals surface area contributed by atoms with Gasteiger partial charge in [-0.1, -0.05) is 6.92 Å². The highest BCUT2D eigenvalue weighted by Gasteiger charge is 2.25. The van der Waals surface area contributed by atoms with Crippen LogP contribution in [0.3, 0.4) is 0 Å². The third kappa shape index (κ3) is 4.80. The minimum absolute atomic E-state index is 0.00507. The van der Waals surface area contributed by atoms with E-state index >= 15 is 0 Å². The summed E-state index contributed by atoms with van der Waals surface area (Å²) in [6.45, 7) is 10.5. The van der Waals surface area contributed by atoms with Gasteiger partial charge in [0.25, 0.3) is 11.9 Å². The van der Waals surface area contributed by atoms with E-state index in [9.17, 15) is 4.79 Å². The van der Waals surface area contributed by atoms with Crippen molar-refractivity contribution in [3.05, 3.63) is 36.0 Å². The van der Waals surface area contributed by atoms with Crippen LogP contribution in [0.1, 0.15) is 44.0 Å². The molecule has 3 aromatic rings. The van der Waals surface area contributed by atoms with E-state index in [1.54, 1.807) is 6.20 Å². The number of nitrogens with zero attached hydrogens (tertiary/aromatic N) is 4. The molecule has 8 nitrogen and oxygen atoms in total. The van der Waals surface area contributed by atoms with Crippen LogP contribution in [0.25, 0.3) is 22.4 Å². The first-order valence-electron chi connectivity index (χ1n) is 11.9. The van der Waals surface area contributed by atoms with Gasteiger partial charge >= 0.3 is 0 Å². The number of carbonyl (C=O) groups excluding carboxylic acids is 1. The fourth-order valence-electron chi connectivity index (χ4n) is 4.10. The van der Waals surface area contributed by atoms with Crippen molar-refractivity contribution >= 4 is 23.0 Å². The quantitative estimate of drug-likeness (QED) is 0.583. The van der Waals surface area contributed by atoms with Crippen molar-refractivity contribution in [1.82, 2.24) is 19.8 Å². The van der Waals surface area contributed by atoms with Gasteiger partial charge in [0.05, 0.1) is 17.4 Å². The van der Waals surface area contributed by atoms with E-state index < -0.39 is 0 Å². The summed E-state index contributed by atoms with van der Waals surface area (Å²) >= 11 is 0. The second-order valence-electron chi connectivity index (χ2n) is 9.09. The Kier molecular flexibility index (Phi) is 5.93. The Morgan fingerprint density at radius 3 is 2.64 bits per heavy atom. The molecule has 33 heavy (non-hydrogen) atoms. The van der Waals surface area contributed by atoms with E-state index in [0.717, 1.165) is 62.3 Å². The van der Waals surface area contributed by atoms with Crippen LogP contribution >= 0.6 is 0 Å². The summed E-state index contributed by atoms with van der Waals surface area (Å²) in [5.74, 6) is 0.681. The smallest absolute Gasteiger partial charge is 0.296 e. The fourth-order valence-corrected chi connectivity index (χ4v) is 4.10. The van der Waals surface area contributed by atoms with Crippen molar-refractivity contribution in [2.24, 2.45) is 0 Å². The van der Waals surface area contributed by atoms with Gasteiger partial charge < -0.3 is 24.3 Å². The Hall–Kier alpha value is -3.13. The van der Waals surface area contributed by atoms with Crippen molar-refractivity contribution < 1.29 is 13.9 Å². The number of nitrogens with one attached hydrogen (secondary N) is 1. The number of hydrogen-bond acceptors (Lipinski definition) is 7. The number of pyridine rings is 1. The number of amides is 1. The highest BCUT2D eigenvalue weighted by Crippen LogP contribution is 2.35. The molecule has 0 unspecified atom stereocenters. The van der Waals surface area contributed by atoms with Crippen molar-refractivity contribution in [2.75, 3.05) is 38.0 Å². The molecule has 2 fully saturated rings. The van der Waals surface area contributed by atoms with E-state index in [2.05, 4.69) is 27.1 Å². The van der Waals surface area contributed by atoms with Crippen LogP contribution in [0.5, 0.6) is 5.75 Å². The topological polar surface area (TPSA) is 83.7 Å². The summed E-state index contributed by atoms with van der Waals surface area (Å²) in [6, 6.07) is 8.60. The molecule has 0 atom stereocenters. The van der Waals surface area contributed by atoms with Crippen LogP contribution < -0.4 is 10.1 Å². The Bertz CT molecular complexity index is 1130. The molecule has 1 amide bonds. The van der Waals surface area contributed by atoms with Crippen molar-refractivity contribution in [3.63, 3.8) is 0 Å². The lowest BCUT2D eigenvalue weighted by Crippen LogP contribution is -2.48. The maximum absolute atomic E-state index is 12.9. The van der Waals surface area contributed by atoms with Gasteiger partial charge in [-0.3, -0.25) is 9.78 Å². The van der Waals surface area contributed by atoms with E-state index in [4.69, 9.17) is 9.15 Å². The Morgan fingerprint density at radius 2 is 2.00 bits per heavy atom. The molecule has 3 heterocycles. The third-order valence-corrected chi connectivity index (χ3v) is 6.14. The zero-order valence-corrected chi connectivity index (χ0v) is 19.5. The summed E-state index contributed by atoms with van der Waals surface area (Å²) in [7, 11) is 0. The third-order valence-electron chi connectivity index (χ3n) is 6.14. The zero-order valence-electron chi connectivity index (χ0n) is 19.5. The first kappa shape index (κ1) is 21.7. The Labute approximate surface area is 193 Å². The number of carbonyl (C=O) groups is 1. The Morgan fingerprint density at radius 1 is 1.21 bits per heavy atom. The number of fused-ring (bicyclic) bond motifs is 1. The maximum Gasteiger partial charge on any atom is 0.296 e. The summed E-state index contributed by atoms with van der Waals surface area (Å²) in [5, 5.41) is 3.31. The predicted octanol–water partition coefficient (Wildman–Crippen LogP) is 4.03. The minimum atomic E-state index is -0.00507. The molecule has 174 valence electrons. The summed E-state index contributed by atoms with van der Waals surface area (Å²) in [6.07, 6.45) is 3.94. The van der Waals surface area contributed by atoms with Crippen LogP contribution in [-0.2, 0) is 0 Å². The average molecular weight is 450 g/mol. The standard InChI is InChI=1S/C25H31N5O3/c1-4-29-9-11-30(12-10-29)24(31)17-5-8-20(26-15-17)18-13-21-23(22(14-18)32-16(2)3)33-25(28-21)27-19-6-7-19/h5,8,13-16,19H,4,6-7,9-12H2,1-3H3,(H,27,28). The van der Waals surface area contributed by atoms with Gasteiger partial charge in [-0.25, -0.2) is 0 Å². The SMILES string of the molecule is CCN1CCN(C(=O)c2ccc(-c3cc(OC(C)C)c4oc(NC5CC5)nc4c3)nc2)CC1. The van der Waals surface area contributed by atoms with Crippen molar-refractivity contribution in [2.45, 2.75) is 45.8 Å². The van der Waals surface area contributed by atoms with E-state index in [0.29, 0.717) is 29.0 Å². The molecule has 0 bridgehead atoms. The van der Waals surface area contributed by atoms with Crippen molar-refractivity contribution in [3.8, 4) is 17.0 Å². The number of ether oxygens (including phenoxy) is 1. The van der Waals surface area contributed by atoms with Crippen LogP contribution in [0.15, 0.2) is 34.9 Å². The number of benzene rings is 1. The first-order chi connectivity index (χ1) is 16.0. The van der Waals surface area contributed by atoms with Gasteiger partial charge in [0.15, 0.2) is 11.3 Å². The van der Waals surface area contributed by atoms with Gasteiger partial charge in [0.2, 0.25) is 0 Å². The highest BCUT2D eigenvalue weighted by atomic mass is 16.5. The molecule has 1 aliphatic carbocycles. The number of oxazole rings is 1. The van der Waals surface area contributed by atoms with Gasteiger partial charge in [0.1, 0.15) is 5.52 Å². The van der Waals surface area contributed by atoms with Crippen LogP contribution in [-0.4, -0.2) is 70.5 Å². The molecule has 8 heteroatoms. The number of rotatable bonds is 7. The molecule has 1 N–H and O–H groups in total. The number of aromatic nitrogens is 2. The Balaban J connectivity index is 1.39. The average Bonchev–Trinajstić information content (AvgIpc) is 3.54. The highest BCUT2D eigenvalue weighted by molar-refractivity contribution is 5.94. The lowest BCUT2D eigenvalue weighted by atomic mass is 10.1. The summed E-state index contributed by atoms with van der Waals surface area (Å²) in [5.41, 5.74) is 3.61. The van der Waals surface area contributed by atoms with Gasteiger partial charge in [-0.05, 0) is 57.5 Å². The van der Waals surface area contributed by atoms with Crippen molar-refractivity contribution in [1.29, 1.82) is 0 Å². The normalized spacial score (nSPS) is 17.0. The lowest BCUT2D eigenvalue weighted by Gasteiger charge is -2.34. The zero-order chi connectivity index (χ0) is 22.9. The minimum Gasteiger partial charge on any atom is -0.487 e. The van der Waals surface area contributed by atoms with Gasteiger partial charge in [0, 0.05) is 44.0 Å². The first-order valence-corrected chi connectivity index (χ1v) is 11.9. The predicted molar refractivity (Wildman–Crippen MR) is 128 cm³/mol. The summed E-state index contributed by atoms with van der Waals surface area (Å²) < 4.78 is 12.0. The van der Waals surface area contributed by atoms with Gasteiger partial charge in [-0.2, -0.15) is 4.98 Å². The molecule has 2 aliphatic rings. The van der Waals surface area contributed by atoms with Crippen LogP contribution in [0.2, 0.25) is 0 Å². The van der Waals surface area contributed by atoms with Crippen LogP contribution in [0.4, 0.5) is 6.01 Å². The maximum atomic E-state index is 12.9. The molecule has 0 spiro atoms. The van der Waals surface area contributed by atoms with E-state index in [1.807, 2.05) is 43.0 Å². The number of anilines is 1. The largest absolute Gasteiger partial charge is 0.487 e. The lowest BCUT2D eigenvalue weighted by molar-refractivity contribution is 0.0643. The molecule has 1 aromatic carbocycles. The molecule has 2 aromatic heterocycles. The molecular weight excluding hydrogens is 418 g/mol. The van der Waals surface area contributed by atoms with E-state index in [-0.39, 0.29) is 12.0 Å². The van der Waals surface area contributed by atoms with Crippen LogP contribution in [0, 0.1) is 0 Å². The monoisotopic (exact) mass is 449 g/mol. The number of likely N-dealkylation sites (N-methyl/N-ethyl adjacent to an activating group) is 1. The van der Waals surface area contributed by atoms with Gasteiger partial charge in [-0.15, -0.1) is 0 Å². The number of hydrogen-bond donors (Lipinski definition) is 1. The fraction of sp³-hybridized carbons (Fsp3) is 0.480. The molecule has 1 saturated carbocycles. The van der Waals surface area contributed by atoms with E-state index in [1.165, 1.54) is 0 Å². The number of piperazine rings is 1. The molecule has 1 saturated heterocycles. The molecule has 1 aliphatic heterocycles. The molecule has 5 rings (SSSR count). The summed E-state index contributed by atoms with van der Waals surface area (Å²) in [4.78, 5) is 26.4. The second kappa shape index (κ2) is 9.02.